The quantitative estimate of drug-likeness (QED) is 0.899. The lowest BCUT2D eigenvalue weighted by Gasteiger charge is -2.22. The van der Waals surface area contributed by atoms with E-state index in [2.05, 4.69) is 4.98 Å². The van der Waals surface area contributed by atoms with Crippen LogP contribution in [0.2, 0.25) is 0 Å². The molecule has 1 fully saturated rings. The molecule has 0 saturated carbocycles. The molecule has 18 heavy (non-hydrogen) atoms. The molecular weight excluding hydrogens is 252 g/mol. The molecule has 6 heteroatoms. The second-order valence-corrected chi connectivity index (χ2v) is 5.57. The Kier molecular flexibility index (Phi) is 4.31. The number of carbonyl (C=O) groups excluding carboxylic acids is 1. The Morgan fingerprint density at radius 3 is 3.17 bits per heavy atom. The topological polar surface area (TPSA) is 62.7 Å². The maximum absolute atomic E-state index is 12.1. The van der Waals surface area contributed by atoms with Crippen molar-refractivity contribution < 1.29 is 14.6 Å². The summed E-state index contributed by atoms with van der Waals surface area (Å²) in [5.41, 5.74) is 0. The summed E-state index contributed by atoms with van der Waals surface area (Å²) >= 11 is 1.39. The van der Waals surface area contributed by atoms with E-state index in [9.17, 15) is 4.79 Å². The zero-order valence-corrected chi connectivity index (χ0v) is 11.4. The number of aromatic nitrogens is 1. The number of likely N-dealkylation sites (N-methyl/N-ethyl adjacent to an activating group) is 1. The van der Waals surface area contributed by atoms with Crippen molar-refractivity contribution in [1.29, 1.82) is 0 Å². The van der Waals surface area contributed by atoms with Crippen LogP contribution in [-0.2, 0) is 4.74 Å². The second-order valence-electron chi connectivity index (χ2n) is 4.51. The standard InChI is InChI=1S/C12H18N2O3S/c1-8(7-15)14(2)12(16)10-6-13-11(18-10)9-4-3-5-17-9/h6,8-9,15H,3-5,7H2,1-2H3. The summed E-state index contributed by atoms with van der Waals surface area (Å²) in [6.45, 7) is 2.54. The van der Waals surface area contributed by atoms with Crippen molar-refractivity contribution in [3.05, 3.63) is 16.1 Å². The largest absolute Gasteiger partial charge is 0.394 e. The van der Waals surface area contributed by atoms with Crippen molar-refractivity contribution in [3.63, 3.8) is 0 Å². The van der Waals surface area contributed by atoms with Crippen LogP contribution in [0.5, 0.6) is 0 Å². The average molecular weight is 270 g/mol. The highest BCUT2D eigenvalue weighted by molar-refractivity contribution is 7.13. The van der Waals surface area contributed by atoms with Gasteiger partial charge in [-0.2, -0.15) is 0 Å². The number of amides is 1. The highest BCUT2D eigenvalue weighted by Gasteiger charge is 2.24. The first-order chi connectivity index (χ1) is 8.63. The van der Waals surface area contributed by atoms with Crippen LogP contribution in [0.25, 0.3) is 0 Å². The number of nitrogens with zero attached hydrogens (tertiary/aromatic N) is 2. The minimum Gasteiger partial charge on any atom is -0.394 e. The first-order valence-corrected chi connectivity index (χ1v) is 6.90. The number of rotatable bonds is 4. The molecule has 1 aliphatic rings. The fourth-order valence-corrected chi connectivity index (χ4v) is 2.79. The zero-order chi connectivity index (χ0) is 13.1. The zero-order valence-electron chi connectivity index (χ0n) is 10.6. The fraction of sp³-hybridized carbons (Fsp3) is 0.667. The van der Waals surface area contributed by atoms with Crippen LogP contribution >= 0.6 is 11.3 Å². The molecule has 1 aliphatic heterocycles. The van der Waals surface area contributed by atoms with E-state index in [4.69, 9.17) is 9.84 Å². The Balaban J connectivity index is 2.07. The molecule has 1 aromatic rings. The van der Waals surface area contributed by atoms with Crippen molar-refractivity contribution in [1.82, 2.24) is 9.88 Å². The van der Waals surface area contributed by atoms with Crippen LogP contribution in [0.1, 0.15) is 40.5 Å². The molecule has 0 aliphatic carbocycles. The molecule has 2 heterocycles. The molecule has 0 radical (unpaired) electrons. The molecular formula is C12H18N2O3S. The van der Waals surface area contributed by atoms with Crippen LogP contribution in [0, 0.1) is 0 Å². The van der Waals surface area contributed by atoms with E-state index in [1.165, 1.54) is 16.2 Å². The molecule has 2 atom stereocenters. The number of ether oxygens (including phenoxy) is 1. The Bertz CT molecular complexity index is 415. The van der Waals surface area contributed by atoms with E-state index in [1.54, 1.807) is 20.2 Å². The van der Waals surface area contributed by atoms with Gasteiger partial charge < -0.3 is 14.7 Å². The highest BCUT2D eigenvalue weighted by Crippen LogP contribution is 2.31. The number of aliphatic hydroxyl groups is 1. The monoisotopic (exact) mass is 270 g/mol. The number of hydrogen-bond donors (Lipinski definition) is 1. The van der Waals surface area contributed by atoms with Gasteiger partial charge in [0.05, 0.1) is 18.8 Å². The van der Waals surface area contributed by atoms with Gasteiger partial charge in [0, 0.05) is 13.7 Å². The van der Waals surface area contributed by atoms with Crippen molar-refractivity contribution in [2.75, 3.05) is 20.3 Å². The SMILES string of the molecule is CC(CO)N(C)C(=O)c1cnc(C2CCCO2)s1. The second kappa shape index (κ2) is 5.77. The average Bonchev–Trinajstić information content (AvgIpc) is 3.05. The van der Waals surface area contributed by atoms with Gasteiger partial charge in [0.1, 0.15) is 16.0 Å². The summed E-state index contributed by atoms with van der Waals surface area (Å²) < 4.78 is 5.54. The lowest BCUT2D eigenvalue weighted by molar-refractivity contribution is 0.0687. The van der Waals surface area contributed by atoms with Crippen molar-refractivity contribution >= 4 is 17.2 Å². The van der Waals surface area contributed by atoms with Crippen LogP contribution in [-0.4, -0.2) is 47.2 Å². The summed E-state index contributed by atoms with van der Waals surface area (Å²) in [6.07, 6.45) is 3.68. The molecule has 1 saturated heterocycles. The maximum Gasteiger partial charge on any atom is 0.265 e. The smallest absolute Gasteiger partial charge is 0.265 e. The van der Waals surface area contributed by atoms with Crippen molar-refractivity contribution in [3.8, 4) is 0 Å². The lowest BCUT2D eigenvalue weighted by atomic mass is 10.2. The van der Waals surface area contributed by atoms with Gasteiger partial charge in [0.25, 0.3) is 5.91 Å². The summed E-state index contributed by atoms with van der Waals surface area (Å²) in [4.78, 5) is 18.5. The van der Waals surface area contributed by atoms with Gasteiger partial charge in [-0.25, -0.2) is 4.98 Å². The van der Waals surface area contributed by atoms with E-state index >= 15 is 0 Å². The third-order valence-electron chi connectivity index (χ3n) is 3.19. The van der Waals surface area contributed by atoms with Gasteiger partial charge in [-0.05, 0) is 19.8 Å². The number of thiazole rings is 1. The van der Waals surface area contributed by atoms with Crippen LogP contribution in [0.15, 0.2) is 6.20 Å². The fourth-order valence-electron chi connectivity index (χ4n) is 1.80. The Morgan fingerprint density at radius 2 is 2.56 bits per heavy atom. The summed E-state index contributed by atoms with van der Waals surface area (Å²) in [7, 11) is 1.69. The van der Waals surface area contributed by atoms with Crippen LogP contribution < -0.4 is 0 Å². The first kappa shape index (κ1) is 13.5. The van der Waals surface area contributed by atoms with E-state index in [0.29, 0.717) is 4.88 Å². The third kappa shape index (κ3) is 2.71. The van der Waals surface area contributed by atoms with E-state index in [0.717, 1.165) is 24.5 Å². The molecule has 2 rings (SSSR count). The van der Waals surface area contributed by atoms with Gasteiger partial charge >= 0.3 is 0 Å². The van der Waals surface area contributed by atoms with Crippen molar-refractivity contribution in [2.45, 2.75) is 31.9 Å². The molecule has 5 nitrogen and oxygen atoms in total. The number of carbonyl (C=O) groups is 1. The van der Waals surface area contributed by atoms with Gasteiger partial charge in [-0.3, -0.25) is 4.79 Å². The summed E-state index contributed by atoms with van der Waals surface area (Å²) in [5.74, 6) is -0.0988. The summed E-state index contributed by atoms with van der Waals surface area (Å²) in [5, 5.41) is 9.93. The predicted molar refractivity (Wildman–Crippen MR) is 68.7 cm³/mol. The van der Waals surface area contributed by atoms with Gasteiger partial charge in [0.15, 0.2) is 0 Å². The van der Waals surface area contributed by atoms with Crippen molar-refractivity contribution in [2.24, 2.45) is 0 Å². The Labute approximate surface area is 110 Å². The Morgan fingerprint density at radius 1 is 1.78 bits per heavy atom. The summed E-state index contributed by atoms with van der Waals surface area (Å²) in [6, 6.07) is -0.189. The predicted octanol–water partition coefficient (Wildman–Crippen LogP) is 1.45. The lowest BCUT2D eigenvalue weighted by Crippen LogP contribution is -2.36. The van der Waals surface area contributed by atoms with Gasteiger partial charge in [-0.15, -0.1) is 11.3 Å². The van der Waals surface area contributed by atoms with E-state index in [-0.39, 0.29) is 24.7 Å². The molecule has 0 aromatic carbocycles. The normalized spacial score (nSPS) is 20.9. The van der Waals surface area contributed by atoms with Gasteiger partial charge in [0.2, 0.25) is 0 Å². The number of aliphatic hydroxyl groups excluding tert-OH is 1. The minimum atomic E-state index is -0.189. The van der Waals surface area contributed by atoms with Gasteiger partial charge in [-0.1, -0.05) is 0 Å². The molecule has 1 amide bonds. The Hall–Kier alpha value is -0.980. The molecule has 1 aromatic heterocycles. The molecule has 2 unspecified atom stereocenters. The van der Waals surface area contributed by atoms with Crippen LogP contribution in [0.3, 0.4) is 0 Å². The minimum absolute atomic E-state index is 0.0420. The molecule has 1 N–H and O–H groups in total. The van der Waals surface area contributed by atoms with Crippen LogP contribution in [0.4, 0.5) is 0 Å². The molecule has 0 spiro atoms. The molecule has 100 valence electrons. The molecule has 0 bridgehead atoms. The van der Waals surface area contributed by atoms with E-state index in [1.807, 2.05) is 0 Å². The van der Waals surface area contributed by atoms with E-state index < -0.39 is 0 Å². The highest BCUT2D eigenvalue weighted by atomic mass is 32.1. The number of hydrogen-bond acceptors (Lipinski definition) is 5. The maximum atomic E-state index is 12.1. The third-order valence-corrected chi connectivity index (χ3v) is 4.26. The first-order valence-electron chi connectivity index (χ1n) is 6.08.